The van der Waals surface area contributed by atoms with E-state index in [1.807, 2.05) is 0 Å². The molecule has 0 radical (unpaired) electrons. The maximum atomic E-state index is 13.6. The van der Waals surface area contributed by atoms with Gasteiger partial charge >= 0.3 is 5.69 Å². The molecule has 0 bridgehead atoms. The van der Waals surface area contributed by atoms with Crippen LogP contribution in [0.4, 0.5) is 20.2 Å². The van der Waals surface area contributed by atoms with Gasteiger partial charge in [0.25, 0.3) is 5.91 Å². The lowest BCUT2D eigenvalue weighted by Crippen LogP contribution is -2.34. The highest BCUT2D eigenvalue weighted by molar-refractivity contribution is 7.80. The Hall–Kier alpha value is -4.16. The molecule has 13 heteroatoms. The van der Waals surface area contributed by atoms with Gasteiger partial charge < -0.3 is 14.5 Å². The second-order valence-electron chi connectivity index (χ2n) is 7.00. The Morgan fingerprint density at radius 2 is 1.91 bits per heavy atom. The van der Waals surface area contributed by atoms with Crippen molar-refractivity contribution in [3.05, 3.63) is 80.9 Å². The second-order valence-corrected chi connectivity index (χ2v) is 7.82. The summed E-state index contributed by atoms with van der Waals surface area (Å²) in [5.41, 5.74) is 0.832. The van der Waals surface area contributed by atoms with Gasteiger partial charge in [-0.25, -0.2) is 13.8 Å². The largest absolute Gasteiger partial charge is 0.490 e. The highest BCUT2D eigenvalue weighted by atomic mass is 35.5. The Morgan fingerprint density at radius 3 is 2.63 bits per heavy atom. The Kier molecular flexibility index (Phi) is 6.58. The van der Waals surface area contributed by atoms with Crippen molar-refractivity contribution in [2.24, 2.45) is 0 Å². The summed E-state index contributed by atoms with van der Waals surface area (Å²) in [5, 5.41) is 16.2. The number of rotatable bonds is 5. The average molecular weight is 519 g/mol. The molecule has 1 amide bonds. The smallest absolute Gasteiger partial charge is 0.311 e. The van der Waals surface area contributed by atoms with Crippen LogP contribution in [0.15, 0.2) is 52.9 Å². The number of hydrogen-bond donors (Lipinski definition) is 2. The number of ether oxygens (including phenoxy) is 1. The van der Waals surface area contributed by atoms with Crippen LogP contribution < -0.4 is 15.4 Å². The standard InChI is InChI=1S/C22H13ClF2N4O5S/c1-33-19-4-2-10(6-17(19)29(31)32)20(30)28-22(35)26-11-3-5-18-16(7-11)27-21(34-18)12-8-14(24)15(25)9-13(12)23/h2-9H,1H3,(H2,26,28,30,35). The van der Waals surface area contributed by atoms with Crippen molar-refractivity contribution in [3.63, 3.8) is 0 Å². The SMILES string of the molecule is COc1ccc(C(=O)NC(=S)Nc2ccc3oc(-c4cc(F)c(F)cc4Cl)nc3c2)cc1[N+](=O)[O-]. The molecule has 0 saturated carbocycles. The molecule has 0 aliphatic heterocycles. The van der Waals surface area contributed by atoms with Crippen LogP contribution >= 0.6 is 23.8 Å². The van der Waals surface area contributed by atoms with E-state index in [4.69, 9.17) is 33.0 Å². The molecule has 35 heavy (non-hydrogen) atoms. The molecule has 1 aromatic heterocycles. The van der Waals surface area contributed by atoms with E-state index in [9.17, 15) is 23.7 Å². The summed E-state index contributed by atoms with van der Waals surface area (Å²) in [5.74, 6) is -2.88. The monoisotopic (exact) mass is 518 g/mol. The number of methoxy groups -OCH3 is 1. The van der Waals surface area contributed by atoms with Crippen molar-refractivity contribution in [3.8, 4) is 17.2 Å². The van der Waals surface area contributed by atoms with Crippen molar-refractivity contribution in [2.45, 2.75) is 0 Å². The number of benzene rings is 3. The Labute approximate surface area is 205 Å². The van der Waals surface area contributed by atoms with Gasteiger partial charge in [0.05, 0.1) is 22.6 Å². The van der Waals surface area contributed by atoms with E-state index >= 15 is 0 Å². The summed E-state index contributed by atoms with van der Waals surface area (Å²) in [6, 6.07) is 10.1. The number of fused-ring (bicyclic) bond motifs is 1. The summed E-state index contributed by atoms with van der Waals surface area (Å²) in [6.07, 6.45) is 0. The van der Waals surface area contributed by atoms with Crippen molar-refractivity contribution < 1.29 is 27.7 Å². The number of thiocarbonyl (C=S) groups is 1. The lowest BCUT2D eigenvalue weighted by atomic mass is 10.1. The van der Waals surface area contributed by atoms with Gasteiger partial charge in [-0.1, -0.05) is 11.6 Å². The number of oxazole rings is 1. The topological polar surface area (TPSA) is 120 Å². The lowest BCUT2D eigenvalue weighted by molar-refractivity contribution is -0.385. The van der Waals surface area contributed by atoms with E-state index in [1.54, 1.807) is 18.2 Å². The van der Waals surface area contributed by atoms with E-state index in [0.29, 0.717) is 16.8 Å². The van der Waals surface area contributed by atoms with Crippen molar-refractivity contribution in [1.82, 2.24) is 10.3 Å². The Bertz CT molecular complexity index is 1510. The van der Waals surface area contributed by atoms with Gasteiger partial charge in [-0.05, 0) is 54.7 Å². The number of hydrogen-bond acceptors (Lipinski definition) is 7. The maximum absolute atomic E-state index is 13.6. The van der Waals surface area contributed by atoms with Gasteiger partial charge in [0, 0.05) is 17.3 Å². The van der Waals surface area contributed by atoms with Gasteiger partial charge in [-0.2, -0.15) is 0 Å². The van der Waals surface area contributed by atoms with E-state index in [0.717, 1.165) is 18.2 Å². The van der Waals surface area contributed by atoms with E-state index in [2.05, 4.69) is 15.6 Å². The van der Waals surface area contributed by atoms with Crippen LogP contribution in [0.2, 0.25) is 5.02 Å². The number of nitro benzene ring substituents is 1. The fourth-order valence-electron chi connectivity index (χ4n) is 3.12. The predicted octanol–water partition coefficient (Wildman–Crippen LogP) is 5.47. The van der Waals surface area contributed by atoms with Crippen molar-refractivity contribution in [2.75, 3.05) is 12.4 Å². The third-order valence-electron chi connectivity index (χ3n) is 4.75. The molecule has 3 aromatic carbocycles. The first-order chi connectivity index (χ1) is 16.7. The summed E-state index contributed by atoms with van der Waals surface area (Å²) in [7, 11) is 1.28. The van der Waals surface area contributed by atoms with Crippen LogP contribution in [-0.4, -0.2) is 28.0 Å². The lowest BCUT2D eigenvalue weighted by Gasteiger charge is -2.10. The summed E-state index contributed by atoms with van der Waals surface area (Å²) < 4.78 is 37.5. The number of nitro groups is 1. The number of halogens is 3. The molecule has 0 saturated heterocycles. The zero-order chi connectivity index (χ0) is 25.3. The Balaban J connectivity index is 1.50. The zero-order valence-corrected chi connectivity index (χ0v) is 19.2. The number of carbonyl (C=O) groups excluding carboxylic acids is 1. The van der Waals surface area contributed by atoms with Gasteiger partial charge in [0.2, 0.25) is 5.89 Å². The molecular weight excluding hydrogens is 506 g/mol. The number of anilines is 1. The van der Waals surface area contributed by atoms with Crippen molar-refractivity contribution >= 4 is 57.3 Å². The number of aromatic nitrogens is 1. The molecule has 178 valence electrons. The molecule has 2 N–H and O–H groups in total. The first-order valence-electron chi connectivity index (χ1n) is 9.66. The number of amides is 1. The average Bonchev–Trinajstić information content (AvgIpc) is 3.23. The van der Waals surface area contributed by atoms with E-state index < -0.39 is 22.5 Å². The summed E-state index contributed by atoms with van der Waals surface area (Å²) in [6.45, 7) is 0. The Morgan fingerprint density at radius 1 is 1.17 bits per heavy atom. The first-order valence-corrected chi connectivity index (χ1v) is 10.4. The maximum Gasteiger partial charge on any atom is 0.311 e. The van der Waals surface area contributed by atoms with E-state index in [-0.39, 0.29) is 38.6 Å². The minimum Gasteiger partial charge on any atom is -0.490 e. The fraction of sp³-hybridized carbons (Fsp3) is 0.0455. The highest BCUT2D eigenvalue weighted by Gasteiger charge is 2.19. The predicted molar refractivity (Wildman–Crippen MR) is 128 cm³/mol. The van der Waals surface area contributed by atoms with Crippen LogP contribution in [0.25, 0.3) is 22.6 Å². The second kappa shape index (κ2) is 9.60. The molecule has 4 rings (SSSR count). The van der Waals surface area contributed by atoms with Gasteiger partial charge in [-0.3, -0.25) is 20.2 Å². The molecule has 4 aromatic rings. The molecule has 0 fully saturated rings. The van der Waals surface area contributed by atoms with Crippen molar-refractivity contribution in [1.29, 1.82) is 0 Å². The van der Waals surface area contributed by atoms with Gasteiger partial charge in [-0.15, -0.1) is 0 Å². The molecule has 0 unspecified atom stereocenters. The zero-order valence-electron chi connectivity index (χ0n) is 17.6. The molecule has 1 heterocycles. The van der Waals surface area contributed by atoms with Crippen LogP contribution in [-0.2, 0) is 0 Å². The highest BCUT2D eigenvalue weighted by Crippen LogP contribution is 2.32. The van der Waals surface area contributed by atoms with Crippen LogP contribution in [0.1, 0.15) is 10.4 Å². The van der Waals surface area contributed by atoms with Gasteiger partial charge in [0.15, 0.2) is 28.1 Å². The summed E-state index contributed by atoms with van der Waals surface area (Å²) in [4.78, 5) is 27.2. The third-order valence-corrected chi connectivity index (χ3v) is 5.27. The molecule has 0 atom stereocenters. The minimum atomic E-state index is -1.10. The minimum absolute atomic E-state index is 0.00153. The third kappa shape index (κ3) is 5.03. The van der Waals surface area contributed by atoms with Crippen LogP contribution in [0.5, 0.6) is 5.75 Å². The van der Waals surface area contributed by atoms with Crippen LogP contribution in [0, 0.1) is 21.7 Å². The normalized spacial score (nSPS) is 10.7. The first kappa shape index (κ1) is 24.0. The fourth-order valence-corrected chi connectivity index (χ4v) is 3.56. The molecule has 0 aliphatic carbocycles. The molecule has 0 spiro atoms. The quantitative estimate of drug-likeness (QED) is 0.154. The number of carbonyl (C=O) groups is 1. The van der Waals surface area contributed by atoms with E-state index in [1.165, 1.54) is 19.2 Å². The van der Waals surface area contributed by atoms with Crippen LogP contribution in [0.3, 0.4) is 0 Å². The summed E-state index contributed by atoms with van der Waals surface area (Å²) >= 11 is 11.1. The number of nitrogens with one attached hydrogen (secondary N) is 2. The molecule has 0 aliphatic rings. The molecule has 9 nitrogen and oxygen atoms in total. The number of nitrogens with zero attached hydrogens (tertiary/aromatic N) is 2. The molecular formula is C22H13ClF2N4O5S. The van der Waals surface area contributed by atoms with Gasteiger partial charge in [0.1, 0.15) is 5.52 Å².